The zero-order valence-corrected chi connectivity index (χ0v) is 6.31. The third kappa shape index (κ3) is 1.74. The van der Waals surface area contributed by atoms with Crippen molar-refractivity contribution in [1.82, 2.24) is 4.98 Å². The molecule has 2 nitrogen and oxygen atoms in total. The zero-order valence-electron chi connectivity index (χ0n) is 5.55. The molecule has 0 saturated heterocycles. The van der Waals surface area contributed by atoms with Gasteiger partial charge in [-0.05, 0) is 6.07 Å². The fraction of sp³-hybridized carbons (Fsp3) is 0.143. The molecule has 1 heterocycles. The molecular formula is C7H5ClFNO. The highest BCUT2D eigenvalue weighted by Gasteiger charge is 2.02. The number of aldehydes is 1. The van der Waals surface area contributed by atoms with Crippen molar-refractivity contribution >= 4 is 17.9 Å². The van der Waals surface area contributed by atoms with E-state index in [9.17, 15) is 9.18 Å². The van der Waals surface area contributed by atoms with Crippen LogP contribution in [0, 0.1) is 0 Å². The van der Waals surface area contributed by atoms with Gasteiger partial charge in [-0.2, -0.15) is 0 Å². The summed E-state index contributed by atoms with van der Waals surface area (Å²) in [4.78, 5) is 13.9. The zero-order chi connectivity index (χ0) is 8.27. The first-order valence-electron chi connectivity index (χ1n) is 2.94. The number of aromatic nitrogens is 1. The molecule has 0 aliphatic carbocycles. The highest BCUT2D eigenvalue weighted by Crippen LogP contribution is 2.10. The molecule has 0 fully saturated rings. The Hall–Kier alpha value is -0.960. The summed E-state index contributed by atoms with van der Waals surface area (Å²) >= 11 is 5.46. The molecule has 1 aromatic rings. The average Bonchev–Trinajstić information content (AvgIpc) is 2.04. The molecule has 0 unspecified atom stereocenters. The summed E-state index contributed by atoms with van der Waals surface area (Å²) in [7, 11) is 0. The Morgan fingerprint density at radius 3 is 2.91 bits per heavy atom. The van der Waals surface area contributed by atoms with E-state index in [4.69, 9.17) is 11.6 Å². The summed E-state index contributed by atoms with van der Waals surface area (Å²) in [5, 5.41) is 0.198. The second kappa shape index (κ2) is 3.44. The second-order valence-electron chi connectivity index (χ2n) is 1.93. The van der Waals surface area contributed by atoms with Crippen molar-refractivity contribution in [2.75, 3.05) is 0 Å². The number of rotatable bonds is 2. The van der Waals surface area contributed by atoms with Gasteiger partial charge < -0.3 is 0 Å². The van der Waals surface area contributed by atoms with Crippen LogP contribution < -0.4 is 0 Å². The maximum atomic E-state index is 12.1. The number of carbonyl (C=O) groups is 1. The maximum absolute atomic E-state index is 12.1. The highest BCUT2D eigenvalue weighted by atomic mass is 35.5. The number of carbonyl (C=O) groups excluding carboxylic acids is 1. The van der Waals surface area contributed by atoms with Crippen LogP contribution in [0.4, 0.5) is 4.39 Å². The number of pyridine rings is 1. The van der Waals surface area contributed by atoms with Crippen LogP contribution in [0.25, 0.3) is 0 Å². The summed E-state index contributed by atoms with van der Waals surface area (Å²) in [5.74, 6) is 0. The molecule has 1 rings (SSSR count). The fourth-order valence-corrected chi connectivity index (χ4v) is 0.848. The number of halogens is 2. The molecule has 0 aliphatic heterocycles. The van der Waals surface area contributed by atoms with Crippen molar-refractivity contribution in [3.63, 3.8) is 0 Å². The molecule has 58 valence electrons. The van der Waals surface area contributed by atoms with Crippen molar-refractivity contribution in [3.8, 4) is 0 Å². The van der Waals surface area contributed by atoms with E-state index in [0.29, 0.717) is 6.29 Å². The lowest BCUT2D eigenvalue weighted by Crippen LogP contribution is -1.93. The van der Waals surface area contributed by atoms with Crippen LogP contribution in [0.1, 0.15) is 16.1 Å². The van der Waals surface area contributed by atoms with Crippen molar-refractivity contribution < 1.29 is 9.18 Å². The minimum Gasteiger partial charge on any atom is -0.296 e. The smallest absolute Gasteiger partial charge is 0.168 e. The van der Waals surface area contributed by atoms with Gasteiger partial charge in [-0.1, -0.05) is 17.7 Å². The Bertz CT molecular complexity index is 277. The molecule has 0 bridgehead atoms. The van der Waals surface area contributed by atoms with Crippen molar-refractivity contribution in [2.24, 2.45) is 0 Å². The third-order valence-electron chi connectivity index (χ3n) is 1.23. The molecule has 0 radical (unpaired) electrons. The second-order valence-corrected chi connectivity index (χ2v) is 2.32. The van der Waals surface area contributed by atoms with E-state index in [1.54, 1.807) is 0 Å². The van der Waals surface area contributed by atoms with Crippen LogP contribution >= 0.6 is 11.6 Å². The van der Waals surface area contributed by atoms with E-state index >= 15 is 0 Å². The lowest BCUT2D eigenvalue weighted by Gasteiger charge is -1.97. The van der Waals surface area contributed by atoms with Gasteiger partial charge in [0.05, 0.1) is 0 Å². The Balaban J connectivity index is 3.16. The minimum atomic E-state index is -0.696. The largest absolute Gasteiger partial charge is 0.296 e. The summed E-state index contributed by atoms with van der Waals surface area (Å²) in [6.45, 7) is -0.696. The number of nitrogens with zero attached hydrogens (tertiary/aromatic N) is 1. The van der Waals surface area contributed by atoms with Gasteiger partial charge >= 0.3 is 0 Å². The van der Waals surface area contributed by atoms with E-state index in [-0.39, 0.29) is 16.4 Å². The Labute approximate surface area is 68.0 Å². The minimum absolute atomic E-state index is 0.0694. The van der Waals surface area contributed by atoms with E-state index in [0.717, 1.165) is 0 Å². The molecule has 0 N–H and O–H groups in total. The topological polar surface area (TPSA) is 30.0 Å². The van der Waals surface area contributed by atoms with Crippen molar-refractivity contribution in [2.45, 2.75) is 6.67 Å². The normalized spacial score (nSPS) is 9.64. The van der Waals surface area contributed by atoms with Gasteiger partial charge in [0.1, 0.15) is 17.5 Å². The van der Waals surface area contributed by atoms with Gasteiger partial charge in [0, 0.05) is 5.56 Å². The standard InChI is InChI=1S/C7H5ClFNO/c8-7-2-1-5(3-9)6(4-11)10-7/h1-2,4H,3H2. The summed E-state index contributed by atoms with van der Waals surface area (Å²) in [5.41, 5.74) is 0.337. The Morgan fingerprint density at radius 2 is 2.36 bits per heavy atom. The predicted octanol–water partition coefficient (Wildman–Crippen LogP) is 2.02. The maximum Gasteiger partial charge on any atom is 0.168 e. The quantitative estimate of drug-likeness (QED) is 0.506. The number of hydrogen-bond acceptors (Lipinski definition) is 2. The van der Waals surface area contributed by atoms with Crippen molar-refractivity contribution in [3.05, 3.63) is 28.5 Å². The fourth-order valence-electron chi connectivity index (χ4n) is 0.694. The van der Waals surface area contributed by atoms with Crippen LogP contribution in [-0.4, -0.2) is 11.3 Å². The van der Waals surface area contributed by atoms with Crippen molar-refractivity contribution in [1.29, 1.82) is 0 Å². The molecule has 0 amide bonds. The molecule has 0 aromatic carbocycles. The van der Waals surface area contributed by atoms with Gasteiger partial charge in [-0.25, -0.2) is 9.37 Å². The van der Waals surface area contributed by atoms with Gasteiger partial charge in [0.15, 0.2) is 6.29 Å². The summed E-state index contributed by atoms with van der Waals surface area (Å²) in [6, 6.07) is 2.89. The molecule has 0 spiro atoms. The average molecular weight is 174 g/mol. The lowest BCUT2D eigenvalue weighted by atomic mass is 10.2. The first-order valence-corrected chi connectivity index (χ1v) is 3.32. The molecule has 11 heavy (non-hydrogen) atoms. The summed E-state index contributed by atoms with van der Waals surface area (Å²) in [6.07, 6.45) is 0.487. The van der Waals surface area contributed by atoms with Crippen LogP contribution in [0.5, 0.6) is 0 Å². The molecule has 0 aliphatic rings. The molecular weight excluding hydrogens is 169 g/mol. The highest BCUT2D eigenvalue weighted by molar-refractivity contribution is 6.29. The summed E-state index contributed by atoms with van der Waals surface area (Å²) < 4.78 is 12.1. The number of alkyl halides is 1. The SMILES string of the molecule is O=Cc1nc(Cl)ccc1CF. The van der Waals surface area contributed by atoms with Crippen LogP contribution in [0.3, 0.4) is 0 Å². The van der Waals surface area contributed by atoms with E-state index in [1.165, 1.54) is 12.1 Å². The monoisotopic (exact) mass is 173 g/mol. The van der Waals surface area contributed by atoms with Gasteiger partial charge in [-0.3, -0.25) is 4.79 Å². The van der Waals surface area contributed by atoms with E-state index in [2.05, 4.69) is 4.98 Å². The Kier molecular flexibility index (Phi) is 2.54. The number of hydrogen-bond donors (Lipinski definition) is 0. The van der Waals surface area contributed by atoms with Crippen LogP contribution in [0.2, 0.25) is 5.15 Å². The first-order chi connectivity index (χ1) is 5.27. The molecule has 0 saturated carbocycles. The third-order valence-corrected chi connectivity index (χ3v) is 1.44. The predicted molar refractivity (Wildman–Crippen MR) is 39.4 cm³/mol. The van der Waals surface area contributed by atoms with E-state index < -0.39 is 6.67 Å². The van der Waals surface area contributed by atoms with Gasteiger partial charge in [0.2, 0.25) is 0 Å². The first kappa shape index (κ1) is 8.14. The van der Waals surface area contributed by atoms with E-state index in [1.807, 2.05) is 0 Å². The van der Waals surface area contributed by atoms with Crippen LogP contribution in [-0.2, 0) is 6.67 Å². The molecule has 1 aromatic heterocycles. The molecule has 0 atom stereocenters. The molecule has 4 heteroatoms. The van der Waals surface area contributed by atoms with Gasteiger partial charge in [0.25, 0.3) is 0 Å². The van der Waals surface area contributed by atoms with Gasteiger partial charge in [-0.15, -0.1) is 0 Å². The van der Waals surface area contributed by atoms with Crippen LogP contribution in [0.15, 0.2) is 12.1 Å². The lowest BCUT2D eigenvalue weighted by molar-refractivity contribution is 0.111. The Morgan fingerprint density at radius 1 is 1.64 bits per heavy atom.